The molecule has 0 aliphatic rings. The van der Waals surface area contributed by atoms with Crippen molar-refractivity contribution in [1.82, 2.24) is 0 Å². The fourth-order valence-electron chi connectivity index (χ4n) is 1.49. The molecule has 0 N–H and O–H groups in total. The van der Waals surface area contributed by atoms with Crippen LogP contribution in [0.5, 0.6) is 0 Å². The van der Waals surface area contributed by atoms with E-state index in [-0.39, 0.29) is 0 Å². The topological polar surface area (TPSA) is 0 Å². The molecule has 13 heavy (non-hydrogen) atoms. The third-order valence-electron chi connectivity index (χ3n) is 2.30. The van der Waals surface area contributed by atoms with E-state index in [1.807, 2.05) is 0 Å². The van der Waals surface area contributed by atoms with Crippen LogP contribution in [0.25, 0.3) is 0 Å². The molecule has 0 heterocycles. The van der Waals surface area contributed by atoms with Gasteiger partial charge in [-0.15, -0.1) is 11.6 Å². The smallest absolute Gasteiger partial charge is 0.0529 e. The Morgan fingerprint density at radius 2 is 1.77 bits per heavy atom. The van der Waals surface area contributed by atoms with Crippen molar-refractivity contribution in [3.8, 4) is 0 Å². The molecule has 0 aromatic heterocycles. The van der Waals surface area contributed by atoms with Crippen LogP contribution in [-0.2, 0) is 6.04 Å². The minimum atomic E-state index is -1.08. The Morgan fingerprint density at radius 1 is 1.15 bits per heavy atom. The SMILES string of the molecule is C[Si](C)(CCCl)Cc1ccccc1. The highest BCUT2D eigenvalue weighted by molar-refractivity contribution is 6.77. The molecular formula is C11H17ClSi. The molecule has 0 fully saturated rings. The van der Waals surface area contributed by atoms with Crippen LogP contribution in [0, 0.1) is 0 Å². The lowest BCUT2D eigenvalue weighted by Crippen LogP contribution is -2.29. The summed E-state index contributed by atoms with van der Waals surface area (Å²) in [6, 6.07) is 13.2. The van der Waals surface area contributed by atoms with Crippen molar-refractivity contribution in [2.24, 2.45) is 0 Å². The van der Waals surface area contributed by atoms with Gasteiger partial charge in [0.05, 0.1) is 8.07 Å². The summed E-state index contributed by atoms with van der Waals surface area (Å²) in [6.07, 6.45) is 0. The van der Waals surface area contributed by atoms with Gasteiger partial charge in [-0.3, -0.25) is 0 Å². The molecule has 0 aliphatic heterocycles. The van der Waals surface area contributed by atoms with Gasteiger partial charge in [0.25, 0.3) is 0 Å². The fourth-order valence-corrected chi connectivity index (χ4v) is 5.06. The van der Waals surface area contributed by atoms with Crippen LogP contribution < -0.4 is 0 Å². The molecule has 0 saturated heterocycles. The number of alkyl halides is 1. The third-order valence-corrected chi connectivity index (χ3v) is 5.77. The maximum Gasteiger partial charge on any atom is 0.0529 e. The van der Waals surface area contributed by atoms with E-state index in [4.69, 9.17) is 11.6 Å². The fraction of sp³-hybridized carbons (Fsp3) is 0.455. The first kappa shape index (κ1) is 10.8. The Labute approximate surface area is 86.9 Å². The van der Waals surface area contributed by atoms with E-state index in [1.54, 1.807) is 0 Å². The highest BCUT2D eigenvalue weighted by Crippen LogP contribution is 2.16. The minimum Gasteiger partial charge on any atom is -0.127 e. The van der Waals surface area contributed by atoms with E-state index in [0.29, 0.717) is 0 Å². The monoisotopic (exact) mass is 212 g/mol. The van der Waals surface area contributed by atoms with Gasteiger partial charge >= 0.3 is 0 Å². The van der Waals surface area contributed by atoms with Crippen molar-refractivity contribution in [2.75, 3.05) is 5.88 Å². The van der Waals surface area contributed by atoms with E-state index < -0.39 is 8.07 Å². The molecule has 2 heteroatoms. The second kappa shape index (κ2) is 4.82. The number of hydrogen-bond donors (Lipinski definition) is 0. The molecule has 0 bridgehead atoms. The summed E-state index contributed by atoms with van der Waals surface area (Å²) < 4.78 is 0. The quantitative estimate of drug-likeness (QED) is 0.527. The zero-order chi connectivity index (χ0) is 9.73. The highest BCUT2D eigenvalue weighted by atomic mass is 35.5. The van der Waals surface area contributed by atoms with Crippen LogP contribution in [0.2, 0.25) is 19.1 Å². The average Bonchev–Trinajstić information content (AvgIpc) is 2.04. The molecule has 0 amide bonds. The summed E-state index contributed by atoms with van der Waals surface area (Å²) in [7, 11) is -1.08. The van der Waals surface area contributed by atoms with Gasteiger partial charge < -0.3 is 0 Å². The van der Waals surface area contributed by atoms with Crippen LogP contribution in [0.3, 0.4) is 0 Å². The second-order valence-electron chi connectivity index (χ2n) is 4.27. The Kier molecular flexibility index (Phi) is 4.01. The molecule has 0 saturated carbocycles. The molecule has 0 radical (unpaired) electrons. The van der Waals surface area contributed by atoms with Crippen molar-refractivity contribution in [2.45, 2.75) is 25.2 Å². The molecule has 72 valence electrons. The number of hydrogen-bond acceptors (Lipinski definition) is 0. The van der Waals surface area contributed by atoms with E-state index in [2.05, 4.69) is 43.4 Å². The van der Waals surface area contributed by atoms with Gasteiger partial charge in [-0.05, 0) is 12.1 Å². The Morgan fingerprint density at radius 3 is 2.31 bits per heavy atom. The Hall–Kier alpha value is -0.273. The van der Waals surface area contributed by atoms with Crippen LogP contribution >= 0.6 is 11.6 Å². The number of benzene rings is 1. The molecule has 0 aliphatic carbocycles. The van der Waals surface area contributed by atoms with Crippen LogP contribution in [0.15, 0.2) is 30.3 Å². The van der Waals surface area contributed by atoms with E-state index in [9.17, 15) is 0 Å². The number of halogens is 1. The van der Waals surface area contributed by atoms with Gasteiger partial charge in [-0.1, -0.05) is 49.0 Å². The molecule has 0 nitrogen and oxygen atoms in total. The van der Waals surface area contributed by atoms with E-state index in [0.717, 1.165) is 5.88 Å². The standard InChI is InChI=1S/C11H17ClSi/c1-13(2,9-8-12)10-11-6-4-3-5-7-11/h3-7H,8-10H2,1-2H3. The largest absolute Gasteiger partial charge is 0.127 e. The summed E-state index contributed by atoms with van der Waals surface area (Å²) in [5, 5.41) is 0. The number of rotatable bonds is 4. The second-order valence-corrected chi connectivity index (χ2v) is 9.83. The molecule has 0 atom stereocenters. The zero-order valence-corrected chi connectivity index (χ0v) is 10.1. The molecule has 0 spiro atoms. The summed E-state index contributed by atoms with van der Waals surface area (Å²) in [5.41, 5.74) is 1.46. The third kappa shape index (κ3) is 3.97. The van der Waals surface area contributed by atoms with Gasteiger partial charge in [0.1, 0.15) is 0 Å². The minimum absolute atomic E-state index is 0.812. The summed E-state index contributed by atoms with van der Waals surface area (Å²) >= 11 is 5.79. The first-order valence-electron chi connectivity index (χ1n) is 4.74. The van der Waals surface area contributed by atoms with Crippen LogP contribution in [0.1, 0.15) is 5.56 Å². The summed E-state index contributed by atoms with van der Waals surface area (Å²) in [6.45, 7) is 4.81. The molecular weight excluding hydrogens is 196 g/mol. The normalized spacial score (nSPS) is 11.6. The average molecular weight is 213 g/mol. The maximum absolute atomic E-state index is 5.79. The van der Waals surface area contributed by atoms with Crippen LogP contribution in [0.4, 0.5) is 0 Å². The van der Waals surface area contributed by atoms with Gasteiger partial charge in [0.2, 0.25) is 0 Å². The van der Waals surface area contributed by atoms with Crippen molar-refractivity contribution in [3.05, 3.63) is 35.9 Å². The van der Waals surface area contributed by atoms with Crippen molar-refractivity contribution in [3.63, 3.8) is 0 Å². The van der Waals surface area contributed by atoms with Gasteiger partial charge in [0.15, 0.2) is 0 Å². The van der Waals surface area contributed by atoms with Crippen molar-refractivity contribution >= 4 is 19.7 Å². The van der Waals surface area contributed by atoms with E-state index in [1.165, 1.54) is 17.7 Å². The molecule has 1 aromatic carbocycles. The highest BCUT2D eigenvalue weighted by Gasteiger charge is 2.19. The van der Waals surface area contributed by atoms with Crippen molar-refractivity contribution in [1.29, 1.82) is 0 Å². The molecule has 0 unspecified atom stereocenters. The van der Waals surface area contributed by atoms with Crippen molar-refractivity contribution < 1.29 is 0 Å². The predicted octanol–water partition coefficient (Wildman–Crippen LogP) is 3.72. The van der Waals surface area contributed by atoms with Gasteiger partial charge in [-0.2, -0.15) is 0 Å². The molecule has 1 rings (SSSR count). The summed E-state index contributed by atoms with van der Waals surface area (Å²) in [5.74, 6) is 0.812. The summed E-state index contributed by atoms with van der Waals surface area (Å²) in [4.78, 5) is 0. The van der Waals surface area contributed by atoms with E-state index >= 15 is 0 Å². The lowest BCUT2D eigenvalue weighted by atomic mass is 10.2. The van der Waals surface area contributed by atoms with Gasteiger partial charge in [-0.25, -0.2) is 0 Å². The maximum atomic E-state index is 5.79. The zero-order valence-electron chi connectivity index (χ0n) is 8.39. The first-order valence-corrected chi connectivity index (χ1v) is 8.69. The van der Waals surface area contributed by atoms with Crippen LogP contribution in [-0.4, -0.2) is 14.0 Å². The molecule has 1 aromatic rings. The predicted molar refractivity (Wildman–Crippen MR) is 63.2 cm³/mol. The lowest BCUT2D eigenvalue weighted by molar-refractivity contribution is 1.23. The van der Waals surface area contributed by atoms with Gasteiger partial charge in [0, 0.05) is 5.88 Å². The Bertz CT molecular complexity index is 244. The lowest BCUT2D eigenvalue weighted by Gasteiger charge is -2.20. The first-order chi connectivity index (χ1) is 6.14. The Balaban J connectivity index is 2.58.